The Morgan fingerprint density at radius 3 is 2.73 bits per heavy atom. The lowest BCUT2D eigenvalue weighted by Gasteiger charge is -2.22. The number of amides is 2. The molecule has 0 radical (unpaired) electrons. The van der Waals surface area contributed by atoms with E-state index in [1.165, 1.54) is 0 Å². The molecule has 7 nitrogen and oxygen atoms in total. The van der Waals surface area contributed by atoms with E-state index in [0.717, 1.165) is 5.56 Å². The van der Waals surface area contributed by atoms with Crippen molar-refractivity contribution in [3.63, 3.8) is 0 Å². The number of anilines is 1. The summed E-state index contributed by atoms with van der Waals surface area (Å²) in [6, 6.07) is 0.0292. The van der Waals surface area contributed by atoms with Gasteiger partial charge in [-0.1, -0.05) is 13.8 Å². The minimum Gasteiger partial charge on any atom is -0.365 e. The zero-order valence-electron chi connectivity index (χ0n) is 13.1. The molecule has 1 aromatic heterocycles. The standard InChI is InChI=1S/C15H21N5O2/c1-8(2)13-18-12-10(4-5-16-15(12)22)14(19-13)17-9-6-11(21)20(3)7-9/h8-9H,4-7H2,1-3H3,(H,16,22)(H,17,18,19). The third-order valence-electron chi connectivity index (χ3n) is 4.10. The van der Waals surface area contributed by atoms with E-state index >= 15 is 0 Å². The van der Waals surface area contributed by atoms with Gasteiger partial charge in [0, 0.05) is 38.0 Å². The second kappa shape index (κ2) is 5.55. The molecule has 1 fully saturated rings. The lowest BCUT2D eigenvalue weighted by Crippen LogP contribution is -2.35. The third-order valence-corrected chi connectivity index (χ3v) is 4.10. The molecule has 118 valence electrons. The molecule has 0 saturated carbocycles. The van der Waals surface area contributed by atoms with Crippen molar-refractivity contribution in [2.24, 2.45) is 0 Å². The summed E-state index contributed by atoms with van der Waals surface area (Å²) in [4.78, 5) is 34.5. The molecule has 2 N–H and O–H groups in total. The quantitative estimate of drug-likeness (QED) is 0.850. The highest BCUT2D eigenvalue weighted by Crippen LogP contribution is 2.25. The number of aromatic nitrogens is 2. The topological polar surface area (TPSA) is 87.2 Å². The van der Waals surface area contributed by atoms with Crippen LogP contribution in [0.5, 0.6) is 0 Å². The van der Waals surface area contributed by atoms with Gasteiger partial charge >= 0.3 is 0 Å². The van der Waals surface area contributed by atoms with Crippen LogP contribution in [0.25, 0.3) is 0 Å². The van der Waals surface area contributed by atoms with Gasteiger partial charge in [0.25, 0.3) is 5.91 Å². The van der Waals surface area contributed by atoms with Crippen LogP contribution in [0.2, 0.25) is 0 Å². The number of carbonyl (C=O) groups excluding carboxylic acids is 2. The van der Waals surface area contributed by atoms with E-state index in [0.29, 0.717) is 43.3 Å². The van der Waals surface area contributed by atoms with Crippen LogP contribution in [0.15, 0.2) is 0 Å². The summed E-state index contributed by atoms with van der Waals surface area (Å²) in [7, 11) is 1.80. The van der Waals surface area contributed by atoms with Crippen LogP contribution in [0.3, 0.4) is 0 Å². The molecule has 0 aliphatic carbocycles. The number of nitrogens with zero attached hydrogens (tertiary/aromatic N) is 3. The molecule has 0 bridgehead atoms. The van der Waals surface area contributed by atoms with Gasteiger partial charge in [0.2, 0.25) is 5.91 Å². The van der Waals surface area contributed by atoms with Gasteiger partial charge in [-0.25, -0.2) is 9.97 Å². The van der Waals surface area contributed by atoms with Crippen LogP contribution in [0, 0.1) is 0 Å². The maximum atomic E-state index is 12.1. The second-order valence-electron chi connectivity index (χ2n) is 6.24. The molecule has 7 heteroatoms. The smallest absolute Gasteiger partial charge is 0.270 e. The van der Waals surface area contributed by atoms with Crippen molar-refractivity contribution in [2.75, 3.05) is 25.5 Å². The average molecular weight is 303 g/mol. The van der Waals surface area contributed by atoms with Crippen molar-refractivity contribution < 1.29 is 9.59 Å². The largest absolute Gasteiger partial charge is 0.365 e. The SMILES string of the molecule is CC(C)c1nc(NC2CC(=O)N(C)C2)c2c(n1)C(=O)NCC2. The first-order valence-corrected chi connectivity index (χ1v) is 7.65. The van der Waals surface area contributed by atoms with E-state index in [9.17, 15) is 9.59 Å². The van der Waals surface area contributed by atoms with E-state index < -0.39 is 0 Å². The molecule has 3 heterocycles. The van der Waals surface area contributed by atoms with E-state index in [2.05, 4.69) is 20.6 Å². The summed E-state index contributed by atoms with van der Waals surface area (Å²) in [5.74, 6) is 1.47. The molecular weight excluding hydrogens is 282 g/mol. The molecule has 2 aliphatic rings. The number of fused-ring (bicyclic) bond motifs is 1. The summed E-state index contributed by atoms with van der Waals surface area (Å²) in [6.45, 7) is 5.24. The van der Waals surface area contributed by atoms with Gasteiger partial charge in [-0.3, -0.25) is 9.59 Å². The number of hydrogen-bond donors (Lipinski definition) is 2. The summed E-state index contributed by atoms with van der Waals surface area (Å²) in [5, 5.41) is 6.17. The Bertz CT molecular complexity index is 629. The van der Waals surface area contributed by atoms with Gasteiger partial charge in [0.1, 0.15) is 17.3 Å². The molecule has 22 heavy (non-hydrogen) atoms. The lowest BCUT2D eigenvalue weighted by atomic mass is 10.0. The molecule has 1 saturated heterocycles. The molecule has 1 unspecified atom stereocenters. The molecule has 2 aliphatic heterocycles. The van der Waals surface area contributed by atoms with Crippen molar-refractivity contribution >= 4 is 17.6 Å². The van der Waals surface area contributed by atoms with Gasteiger partial charge in [0.05, 0.1) is 6.04 Å². The monoisotopic (exact) mass is 303 g/mol. The summed E-state index contributed by atoms with van der Waals surface area (Å²) < 4.78 is 0. The van der Waals surface area contributed by atoms with Crippen LogP contribution in [0.1, 0.15) is 48.1 Å². The van der Waals surface area contributed by atoms with Crippen molar-refractivity contribution in [3.05, 3.63) is 17.1 Å². The molecule has 1 atom stereocenters. The molecule has 0 aromatic carbocycles. The minimum atomic E-state index is -0.145. The van der Waals surface area contributed by atoms with Crippen molar-refractivity contribution in [1.29, 1.82) is 0 Å². The average Bonchev–Trinajstić information content (AvgIpc) is 2.78. The maximum Gasteiger partial charge on any atom is 0.270 e. The Balaban J connectivity index is 1.95. The molecular formula is C15H21N5O2. The fourth-order valence-corrected chi connectivity index (χ4v) is 2.84. The predicted molar refractivity (Wildman–Crippen MR) is 81.8 cm³/mol. The summed E-state index contributed by atoms with van der Waals surface area (Å²) in [6.07, 6.45) is 1.16. The fraction of sp³-hybridized carbons (Fsp3) is 0.600. The number of likely N-dealkylation sites (N-methyl/N-ethyl adjacent to an activating group) is 1. The number of carbonyl (C=O) groups is 2. The molecule has 2 amide bonds. The highest BCUT2D eigenvalue weighted by Gasteiger charge is 2.30. The highest BCUT2D eigenvalue weighted by atomic mass is 16.2. The zero-order valence-corrected chi connectivity index (χ0v) is 13.1. The normalized spacial score (nSPS) is 21.1. The number of rotatable bonds is 3. The number of nitrogens with one attached hydrogen (secondary N) is 2. The van der Waals surface area contributed by atoms with Crippen molar-refractivity contribution in [3.8, 4) is 0 Å². The maximum absolute atomic E-state index is 12.1. The second-order valence-corrected chi connectivity index (χ2v) is 6.24. The third kappa shape index (κ3) is 2.63. The van der Waals surface area contributed by atoms with Gasteiger partial charge in [-0.05, 0) is 6.42 Å². The van der Waals surface area contributed by atoms with Crippen molar-refractivity contribution in [1.82, 2.24) is 20.2 Å². The molecule has 3 rings (SSSR count). The Labute approximate surface area is 129 Å². The summed E-state index contributed by atoms with van der Waals surface area (Å²) in [5.41, 5.74) is 1.32. The Hall–Kier alpha value is -2.18. The first kappa shape index (κ1) is 14.7. The fourth-order valence-electron chi connectivity index (χ4n) is 2.84. The van der Waals surface area contributed by atoms with Gasteiger partial charge < -0.3 is 15.5 Å². The molecule has 1 aromatic rings. The van der Waals surface area contributed by atoms with Crippen LogP contribution in [-0.4, -0.2) is 52.9 Å². The highest BCUT2D eigenvalue weighted by molar-refractivity contribution is 5.96. The van der Waals surface area contributed by atoms with Gasteiger partial charge in [-0.2, -0.15) is 0 Å². The predicted octanol–water partition coefficient (Wildman–Crippen LogP) is 0.528. The van der Waals surface area contributed by atoms with Crippen molar-refractivity contribution in [2.45, 2.75) is 38.6 Å². The minimum absolute atomic E-state index is 0.0292. The van der Waals surface area contributed by atoms with Crippen LogP contribution >= 0.6 is 0 Å². The van der Waals surface area contributed by atoms with E-state index in [1.807, 2.05) is 13.8 Å². The lowest BCUT2D eigenvalue weighted by molar-refractivity contribution is -0.126. The van der Waals surface area contributed by atoms with Gasteiger partial charge in [-0.15, -0.1) is 0 Å². The first-order chi connectivity index (χ1) is 10.5. The van der Waals surface area contributed by atoms with E-state index in [-0.39, 0.29) is 23.8 Å². The molecule has 0 spiro atoms. The zero-order chi connectivity index (χ0) is 15.9. The number of likely N-dealkylation sites (tertiary alicyclic amines) is 1. The Kier molecular flexibility index (Phi) is 3.72. The van der Waals surface area contributed by atoms with E-state index in [4.69, 9.17) is 0 Å². The van der Waals surface area contributed by atoms with Crippen LogP contribution in [0.4, 0.5) is 5.82 Å². The van der Waals surface area contributed by atoms with Gasteiger partial charge in [0.15, 0.2) is 0 Å². The van der Waals surface area contributed by atoms with Crippen LogP contribution < -0.4 is 10.6 Å². The Morgan fingerprint density at radius 1 is 1.32 bits per heavy atom. The number of hydrogen-bond acceptors (Lipinski definition) is 5. The first-order valence-electron chi connectivity index (χ1n) is 7.65. The summed E-state index contributed by atoms with van der Waals surface area (Å²) >= 11 is 0. The Morgan fingerprint density at radius 2 is 2.09 bits per heavy atom. The van der Waals surface area contributed by atoms with E-state index in [1.54, 1.807) is 11.9 Å². The van der Waals surface area contributed by atoms with Crippen LogP contribution in [-0.2, 0) is 11.2 Å².